The first-order chi connectivity index (χ1) is 15.5. The summed E-state index contributed by atoms with van der Waals surface area (Å²) in [5, 5.41) is 10.2. The predicted octanol–water partition coefficient (Wildman–Crippen LogP) is 2.04. The van der Waals surface area contributed by atoms with Crippen molar-refractivity contribution in [3.05, 3.63) is 35.4 Å². The fraction of sp³-hybridized carbons (Fsp3) is 0.625. The van der Waals surface area contributed by atoms with Crippen LogP contribution in [-0.4, -0.2) is 80.1 Å². The summed E-state index contributed by atoms with van der Waals surface area (Å²) in [6.07, 6.45) is 2.43. The van der Waals surface area contributed by atoms with Crippen LogP contribution in [0.3, 0.4) is 0 Å². The molecule has 0 amide bonds. The number of Topliss-reactive ketones (excluding diaryl/α,β-unsaturated/α-hetero) is 1. The maximum atomic E-state index is 13.3. The molecule has 1 aliphatic heterocycles. The number of fused-ring (bicyclic) bond motifs is 2. The van der Waals surface area contributed by atoms with Gasteiger partial charge in [-0.25, -0.2) is 0 Å². The van der Waals surface area contributed by atoms with Crippen LogP contribution in [0, 0.1) is 16.7 Å². The van der Waals surface area contributed by atoms with E-state index in [1.807, 2.05) is 32.1 Å². The number of ether oxygens (including phenoxy) is 2. The fourth-order valence-corrected chi connectivity index (χ4v) is 7.03. The lowest BCUT2D eigenvalue weighted by molar-refractivity contribution is -0.125. The van der Waals surface area contributed by atoms with Crippen molar-refractivity contribution in [3.63, 3.8) is 0 Å². The van der Waals surface area contributed by atoms with Gasteiger partial charge in [0.25, 0.3) is 10.1 Å². The summed E-state index contributed by atoms with van der Waals surface area (Å²) in [7, 11) is -4.27. The Bertz CT molecular complexity index is 1010. The summed E-state index contributed by atoms with van der Waals surface area (Å²) >= 11 is 0. The molecule has 182 valence electrons. The first-order valence-electron chi connectivity index (χ1n) is 11.4. The molecule has 1 heterocycles. The topological polar surface area (TPSA) is 113 Å². The van der Waals surface area contributed by atoms with Gasteiger partial charge in [-0.15, -0.1) is 0 Å². The largest absolute Gasteiger partial charge is 0.491 e. The first-order valence-corrected chi connectivity index (χ1v) is 13.1. The van der Waals surface area contributed by atoms with E-state index in [0.717, 1.165) is 25.1 Å². The molecule has 1 saturated heterocycles. The van der Waals surface area contributed by atoms with E-state index >= 15 is 0 Å². The molecular formula is C24H33NO7S. The van der Waals surface area contributed by atoms with Crippen molar-refractivity contribution in [2.24, 2.45) is 16.7 Å². The fourth-order valence-electron chi connectivity index (χ4n) is 5.76. The van der Waals surface area contributed by atoms with Gasteiger partial charge in [-0.1, -0.05) is 26.0 Å². The Morgan fingerprint density at radius 3 is 2.55 bits per heavy atom. The van der Waals surface area contributed by atoms with Gasteiger partial charge in [-0.05, 0) is 47.9 Å². The van der Waals surface area contributed by atoms with Crippen LogP contribution in [0.25, 0.3) is 6.08 Å². The van der Waals surface area contributed by atoms with Crippen molar-refractivity contribution in [1.82, 2.24) is 4.90 Å². The average Bonchev–Trinajstić information content (AvgIpc) is 3.07. The molecule has 2 saturated carbocycles. The van der Waals surface area contributed by atoms with Crippen LogP contribution in [0.4, 0.5) is 0 Å². The first kappa shape index (κ1) is 24.3. The minimum absolute atomic E-state index is 0.0435. The lowest BCUT2D eigenvalue weighted by Crippen LogP contribution is -2.42. The number of hydrogen-bond donors (Lipinski definition) is 2. The van der Waals surface area contributed by atoms with Crippen molar-refractivity contribution in [2.45, 2.75) is 32.8 Å². The molecule has 0 spiro atoms. The Labute approximate surface area is 195 Å². The second-order valence-corrected chi connectivity index (χ2v) is 11.4. The van der Waals surface area contributed by atoms with E-state index in [0.29, 0.717) is 37.5 Å². The molecule has 2 aliphatic carbocycles. The number of ketones is 1. The van der Waals surface area contributed by atoms with Gasteiger partial charge in [0.15, 0.2) is 5.78 Å². The van der Waals surface area contributed by atoms with E-state index in [1.54, 1.807) is 12.1 Å². The van der Waals surface area contributed by atoms with Gasteiger partial charge < -0.3 is 14.6 Å². The van der Waals surface area contributed by atoms with Crippen molar-refractivity contribution in [3.8, 4) is 5.75 Å². The number of β-amino-alcohol motifs (C(OH)–C–C–N with tert-alkyl or cyclic N) is 1. The second-order valence-electron chi connectivity index (χ2n) is 10.00. The van der Waals surface area contributed by atoms with E-state index in [1.165, 1.54) is 0 Å². The Balaban J connectivity index is 1.41. The summed E-state index contributed by atoms with van der Waals surface area (Å²) in [5.41, 5.74) is -0.156. The van der Waals surface area contributed by atoms with Gasteiger partial charge in [0.1, 0.15) is 18.5 Å². The molecule has 1 aromatic carbocycles. The molecule has 3 unspecified atom stereocenters. The zero-order valence-corrected chi connectivity index (χ0v) is 20.0. The molecule has 0 radical (unpaired) electrons. The summed E-state index contributed by atoms with van der Waals surface area (Å²) in [6.45, 7) is 7.55. The maximum Gasteiger partial charge on any atom is 0.265 e. The molecule has 4 rings (SSSR count). The van der Waals surface area contributed by atoms with Crippen molar-refractivity contribution >= 4 is 22.0 Å². The Hall–Kier alpha value is -1.78. The third kappa shape index (κ3) is 4.88. The molecule has 0 aromatic heterocycles. The van der Waals surface area contributed by atoms with Gasteiger partial charge in [0, 0.05) is 25.2 Å². The third-order valence-corrected chi connectivity index (χ3v) is 8.54. The molecule has 9 heteroatoms. The van der Waals surface area contributed by atoms with Crippen LogP contribution in [0.5, 0.6) is 5.75 Å². The van der Waals surface area contributed by atoms with Crippen LogP contribution >= 0.6 is 0 Å². The highest BCUT2D eigenvalue weighted by Gasteiger charge is 2.67. The highest BCUT2D eigenvalue weighted by Crippen LogP contribution is 2.66. The highest BCUT2D eigenvalue weighted by atomic mass is 32.2. The molecule has 3 atom stereocenters. The molecule has 3 fully saturated rings. The number of carbonyl (C=O) groups is 1. The van der Waals surface area contributed by atoms with Crippen molar-refractivity contribution in [2.75, 3.05) is 45.2 Å². The number of rotatable bonds is 8. The smallest absolute Gasteiger partial charge is 0.265 e. The van der Waals surface area contributed by atoms with Crippen LogP contribution in [0.15, 0.2) is 29.8 Å². The minimum Gasteiger partial charge on any atom is -0.491 e. The van der Waals surface area contributed by atoms with Gasteiger partial charge in [-0.2, -0.15) is 8.42 Å². The molecule has 2 N–H and O–H groups in total. The molecule has 3 aliphatic rings. The normalized spacial score (nSPS) is 29.5. The molecule has 2 bridgehead atoms. The minimum atomic E-state index is -4.27. The number of carbonyl (C=O) groups excluding carboxylic acids is 1. The molecule has 33 heavy (non-hydrogen) atoms. The number of hydrogen-bond acceptors (Lipinski definition) is 7. The number of allylic oxidation sites excluding steroid dienone is 1. The van der Waals surface area contributed by atoms with Crippen LogP contribution < -0.4 is 4.74 Å². The Morgan fingerprint density at radius 2 is 1.91 bits per heavy atom. The molecule has 1 aromatic rings. The van der Waals surface area contributed by atoms with Crippen molar-refractivity contribution < 1.29 is 32.3 Å². The third-order valence-electron chi connectivity index (χ3n) is 7.68. The molecule has 8 nitrogen and oxygen atoms in total. The number of morpholine rings is 1. The number of nitrogens with zero attached hydrogens (tertiary/aromatic N) is 1. The van der Waals surface area contributed by atoms with E-state index in [9.17, 15) is 22.9 Å². The maximum absolute atomic E-state index is 13.3. The van der Waals surface area contributed by atoms with Gasteiger partial charge in [0.05, 0.1) is 24.4 Å². The number of benzene rings is 1. The SMILES string of the molecule is CC1(C)C2CCC1(CS(=O)(=O)O)C(=O)/C2=C\c1ccc(OCC(O)CN2CCOCC2)cc1. The standard InChI is InChI=1S/C24H33NO7S/c1-23(2)21-7-8-24(23,16-33(28,29)30)22(27)20(21)13-17-3-5-19(6-4-17)32-15-18(26)14-25-9-11-31-12-10-25/h3-6,13,18,21,26H,7-12,14-16H2,1-2H3,(H,28,29,30)/b20-13-. The zero-order valence-electron chi connectivity index (χ0n) is 19.2. The van der Waals surface area contributed by atoms with Crippen LogP contribution in [-0.2, 0) is 19.6 Å². The van der Waals surface area contributed by atoms with E-state index < -0.39 is 32.8 Å². The van der Waals surface area contributed by atoms with E-state index in [2.05, 4.69) is 4.90 Å². The van der Waals surface area contributed by atoms with Crippen LogP contribution in [0.1, 0.15) is 32.3 Å². The van der Waals surface area contributed by atoms with E-state index in [-0.39, 0.29) is 18.3 Å². The zero-order chi connectivity index (χ0) is 23.9. The van der Waals surface area contributed by atoms with E-state index in [4.69, 9.17) is 9.47 Å². The second kappa shape index (κ2) is 9.11. The quantitative estimate of drug-likeness (QED) is 0.430. The summed E-state index contributed by atoms with van der Waals surface area (Å²) < 4.78 is 43.9. The molecular weight excluding hydrogens is 446 g/mol. The highest BCUT2D eigenvalue weighted by molar-refractivity contribution is 7.85. The lowest BCUT2D eigenvalue weighted by Gasteiger charge is -2.34. The van der Waals surface area contributed by atoms with Crippen LogP contribution in [0.2, 0.25) is 0 Å². The average molecular weight is 480 g/mol. The number of aliphatic hydroxyl groups is 1. The van der Waals surface area contributed by atoms with Crippen molar-refractivity contribution in [1.29, 1.82) is 0 Å². The Kier molecular flexibility index (Phi) is 6.72. The number of aliphatic hydroxyl groups excluding tert-OH is 1. The lowest BCUT2D eigenvalue weighted by atomic mass is 9.70. The monoisotopic (exact) mass is 479 g/mol. The van der Waals surface area contributed by atoms with Gasteiger partial charge in [-0.3, -0.25) is 14.2 Å². The summed E-state index contributed by atoms with van der Waals surface area (Å²) in [5.74, 6) is -0.120. The predicted molar refractivity (Wildman–Crippen MR) is 124 cm³/mol. The Morgan fingerprint density at radius 1 is 1.24 bits per heavy atom. The van der Waals surface area contributed by atoms with Gasteiger partial charge >= 0.3 is 0 Å². The summed E-state index contributed by atoms with van der Waals surface area (Å²) in [4.78, 5) is 15.4. The van der Waals surface area contributed by atoms with Gasteiger partial charge in [0.2, 0.25) is 0 Å². The summed E-state index contributed by atoms with van der Waals surface area (Å²) in [6, 6.07) is 7.28.